The van der Waals surface area contributed by atoms with E-state index in [1.807, 2.05) is 0 Å². The van der Waals surface area contributed by atoms with Crippen molar-refractivity contribution in [3.05, 3.63) is 0 Å². The normalized spacial score (nSPS) is 38.2. The Kier molecular flexibility index (Phi) is 4.49. The summed E-state index contributed by atoms with van der Waals surface area (Å²) in [6.07, 6.45) is 0.267. The van der Waals surface area contributed by atoms with Gasteiger partial charge in [0.1, 0.15) is 0 Å². The fourth-order valence-electron chi connectivity index (χ4n) is 3.34. The molecule has 2 aliphatic rings. The molecule has 18 heavy (non-hydrogen) atoms. The summed E-state index contributed by atoms with van der Waals surface area (Å²) in [6.45, 7) is 0. The Labute approximate surface area is 126 Å². The van der Waals surface area contributed by atoms with Crippen LogP contribution in [0.25, 0.3) is 0 Å². The van der Waals surface area contributed by atoms with Crippen molar-refractivity contribution in [1.29, 1.82) is 0 Å². The van der Waals surface area contributed by atoms with Crippen LogP contribution in [0, 0.1) is 23.7 Å². The maximum Gasteiger partial charge on any atom is 1.00 e. The molecule has 5 atom stereocenters. The molecule has 0 aromatic heterocycles. The van der Waals surface area contributed by atoms with Crippen molar-refractivity contribution in [2.24, 2.45) is 23.7 Å². The number of fused-ring (bicyclic) bond motifs is 2. The molecule has 0 aromatic carbocycles. The zero-order chi connectivity index (χ0) is 13.0. The first-order valence-corrected chi connectivity index (χ1v) is 6.65. The van der Waals surface area contributed by atoms with Crippen molar-refractivity contribution in [2.75, 3.05) is 0 Å². The van der Waals surface area contributed by atoms with Gasteiger partial charge in [0.15, 0.2) is 0 Å². The van der Waals surface area contributed by atoms with Crippen LogP contribution in [0.1, 0.15) is 12.8 Å². The Balaban J connectivity index is 0.00000162. The molecule has 0 amide bonds. The van der Waals surface area contributed by atoms with E-state index in [2.05, 4.69) is 0 Å². The van der Waals surface area contributed by atoms with Crippen LogP contribution in [0.5, 0.6) is 0 Å². The molecule has 2 saturated carbocycles. The van der Waals surface area contributed by atoms with Crippen molar-refractivity contribution in [1.82, 2.24) is 0 Å². The third-order valence-electron chi connectivity index (χ3n) is 3.90. The minimum absolute atomic E-state index is 0. The van der Waals surface area contributed by atoms with Gasteiger partial charge in [0, 0.05) is 0 Å². The molecular weight excluding hydrogens is 275 g/mol. The first-order valence-electron chi connectivity index (χ1n) is 5.15. The minimum atomic E-state index is -4.31. The monoisotopic (exact) mass is 287 g/mol. The van der Waals surface area contributed by atoms with E-state index in [1.54, 1.807) is 0 Å². The van der Waals surface area contributed by atoms with E-state index >= 15 is 0 Å². The second kappa shape index (κ2) is 5.09. The summed E-state index contributed by atoms with van der Waals surface area (Å²) >= 11 is 0. The number of rotatable bonds is 3. The molecule has 9 heteroatoms. The number of hydrogen-bond acceptors (Lipinski definition) is 4. The van der Waals surface area contributed by atoms with Crippen LogP contribution in [0.3, 0.4) is 0 Å². The van der Waals surface area contributed by atoms with Gasteiger partial charge in [-0.15, -0.1) is 0 Å². The van der Waals surface area contributed by atoms with Crippen LogP contribution in [0.15, 0.2) is 0 Å². The maximum atomic E-state index is 11.1. The Morgan fingerprint density at radius 1 is 1.00 bits per heavy atom. The topological polar surface area (TPSA) is 129 Å². The zero-order valence-corrected chi connectivity index (χ0v) is 12.5. The molecule has 7 nitrogen and oxygen atoms in total. The molecule has 0 heterocycles. The number of carboxylic acid groups (broad SMARTS) is 2. The third-order valence-corrected chi connectivity index (χ3v) is 5.20. The van der Waals surface area contributed by atoms with E-state index in [4.69, 9.17) is 14.8 Å². The Morgan fingerprint density at radius 3 is 1.89 bits per heavy atom. The SMILES string of the molecule is O=C(O)C1C2CC(C1C(=O)O)C(S(=O)(=O)O)C2.[Na+]. The summed E-state index contributed by atoms with van der Waals surface area (Å²) in [6, 6.07) is 0. The van der Waals surface area contributed by atoms with E-state index in [9.17, 15) is 18.0 Å². The Morgan fingerprint density at radius 2 is 1.50 bits per heavy atom. The summed E-state index contributed by atoms with van der Waals surface area (Å²) in [7, 11) is -4.31. The molecule has 0 aromatic rings. The van der Waals surface area contributed by atoms with Gasteiger partial charge < -0.3 is 10.2 Å². The first kappa shape index (κ1) is 15.9. The van der Waals surface area contributed by atoms with Crippen LogP contribution >= 0.6 is 0 Å². The summed E-state index contributed by atoms with van der Waals surface area (Å²) in [5.41, 5.74) is 0. The number of carbonyl (C=O) groups is 2. The van der Waals surface area contributed by atoms with Crippen LogP contribution in [-0.4, -0.2) is 40.4 Å². The van der Waals surface area contributed by atoms with Crippen molar-refractivity contribution >= 4 is 22.1 Å². The van der Waals surface area contributed by atoms with Crippen molar-refractivity contribution < 1.29 is 62.3 Å². The van der Waals surface area contributed by atoms with Gasteiger partial charge >= 0.3 is 41.5 Å². The van der Waals surface area contributed by atoms with Gasteiger partial charge in [-0.3, -0.25) is 14.1 Å². The number of hydrogen-bond donors (Lipinski definition) is 3. The van der Waals surface area contributed by atoms with Crippen LogP contribution in [0.4, 0.5) is 0 Å². The molecule has 0 saturated heterocycles. The summed E-state index contributed by atoms with van der Waals surface area (Å²) in [5, 5.41) is 16.8. The predicted octanol–water partition coefficient (Wildman–Crippen LogP) is -3.31. The quantitative estimate of drug-likeness (QED) is 0.366. The standard InChI is InChI=1S/C9H12O7S.Na/c10-8(11)6-3-1-4(7(6)9(12)13)5(2-3)17(14,15)16;/h3-7H,1-2H2,(H,10,11)(H,12,13)(H,14,15,16);/q;+1. The summed E-state index contributed by atoms with van der Waals surface area (Å²) in [4.78, 5) is 22.0. The van der Waals surface area contributed by atoms with Gasteiger partial charge in [0.05, 0.1) is 17.1 Å². The van der Waals surface area contributed by atoms with Gasteiger partial charge in [-0.1, -0.05) is 0 Å². The molecule has 2 aliphatic carbocycles. The second-order valence-electron chi connectivity index (χ2n) is 4.68. The van der Waals surface area contributed by atoms with Gasteiger partial charge in [0.25, 0.3) is 10.1 Å². The molecule has 0 spiro atoms. The molecule has 0 aliphatic heterocycles. The second-order valence-corrected chi connectivity index (χ2v) is 6.31. The fourth-order valence-corrected chi connectivity index (χ4v) is 4.55. The third kappa shape index (κ3) is 2.44. The van der Waals surface area contributed by atoms with E-state index < -0.39 is 51.0 Å². The van der Waals surface area contributed by atoms with E-state index in [0.717, 1.165) is 0 Å². The molecule has 5 unspecified atom stereocenters. The van der Waals surface area contributed by atoms with Crippen LogP contribution in [-0.2, 0) is 19.7 Å². The van der Waals surface area contributed by atoms with Gasteiger partial charge in [-0.05, 0) is 24.7 Å². The average molecular weight is 287 g/mol. The van der Waals surface area contributed by atoms with Gasteiger partial charge in [-0.25, -0.2) is 0 Å². The van der Waals surface area contributed by atoms with Gasteiger partial charge in [-0.2, -0.15) is 8.42 Å². The molecule has 2 fully saturated rings. The average Bonchev–Trinajstić information content (AvgIpc) is 2.71. The van der Waals surface area contributed by atoms with Crippen molar-refractivity contribution in [2.45, 2.75) is 18.1 Å². The largest absolute Gasteiger partial charge is 1.00 e. The molecule has 96 valence electrons. The predicted molar refractivity (Wildman–Crippen MR) is 53.8 cm³/mol. The van der Waals surface area contributed by atoms with E-state index in [0.29, 0.717) is 0 Å². The fraction of sp³-hybridized carbons (Fsp3) is 0.778. The minimum Gasteiger partial charge on any atom is -0.481 e. The molecule has 2 rings (SSSR count). The smallest absolute Gasteiger partial charge is 0.481 e. The van der Waals surface area contributed by atoms with Crippen molar-refractivity contribution in [3.63, 3.8) is 0 Å². The molecule has 0 radical (unpaired) electrons. The summed E-state index contributed by atoms with van der Waals surface area (Å²) < 4.78 is 31.2. The number of aliphatic carboxylic acids is 2. The number of carboxylic acids is 2. The van der Waals surface area contributed by atoms with E-state index in [1.165, 1.54) is 0 Å². The van der Waals surface area contributed by atoms with Gasteiger partial charge in [0.2, 0.25) is 0 Å². The maximum absolute atomic E-state index is 11.1. The zero-order valence-electron chi connectivity index (χ0n) is 9.68. The van der Waals surface area contributed by atoms with Crippen molar-refractivity contribution in [3.8, 4) is 0 Å². The van der Waals surface area contributed by atoms with Crippen LogP contribution < -0.4 is 29.6 Å². The molecule has 3 N–H and O–H groups in total. The Hall–Kier alpha value is -0.150. The molecule has 2 bridgehead atoms. The van der Waals surface area contributed by atoms with Crippen LogP contribution in [0.2, 0.25) is 0 Å². The molecular formula is C9H12NaO7S+. The first-order chi connectivity index (χ1) is 7.73. The summed E-state index contributed by atoms with van der Waals surface area (Å²) in [5.74, 6) is -6.07. The Bertz CT molecular complexity index is 473. The van der Waals surface area contributed by atoms with E-state index in [-0.39, 0.29) is 42.4 Å².